The molecule has 22 heavy (non-hydrogen) atoms. The minimum Gasteiger partial charge on any atom is -0.876 e. The van der Waals surface area contributed by atoms with Gasteiger partial charge in [-0.15, -0.1) is 6.26 Å². The molecule has 0 spiro atoms. The van der Waals surface area contributed by atoms with Gasteiger partial charge in [0.25, 0.3) is 5.91 Å². The zero-order chi connectivity index (χ0) is 14.8. The molecule has 2 aromatic rings. The summed E-state index contributed by atoms with van der Waals surface area (Å²) in [5.74, 6) is 0.402. The van der Waals surface area contributed by atoms with Gasteiger partial charge in [-0.2, -0.15) is 0 Å². The third-order valence-electron chi connectivity index (χ3n) is 3.16. The molecule has 1 aliphatic rings. The van der Waals surface area contributed by atoms with Crippen LogP contribution in [0.4, 0.5) is 5.82 Å². The van der Waals surface area contributed by atoms with Crippen LogP contribution >= 0.6 is 0 Å². The molecular formula is C16H12KN3O2. The van der Waals surface area contributed by atoms with Crippen LogP contribution < -0.4 is 61.4 Å². The fraction of sp³-hybridized carbons (Fsp3) is 0.0625. The van der Waals surface area contributed by atoms with Crippen molar-refractivity contribution >= 4 is 17.6 Å². The summed E-state index contributed by atoms with van der Waals surface area (Å²) in [5.41, 5.74) is 1.75. The topological polar surface area (TPSA) is 68.6 Å². The van der Waals surface area contributed by atoms with Gasteiger partial charge in [-0.3, -0.25) is 4.79 Å². The van der Waals surface area contributed by atoms with Crippen molar-refractivity contribution < 1.29 is 61.3 Å². The monoisotopic (exact) mass is 317 g/mol. The van der Waals surface area contributed by atoms with Crippen LogP contribution in [0.5, 0.6) is 0 Å². The van der Waals surface area contributed by atoms with Crippen LogP contribution in [0, 0.1) is 6.92 Å². The third-order valence-corrected chi connectivity index (χ3v) is 3.16. The number of carbonyl (C=O) groups excluding carboxylic acids is 1. The van der Waals surface area contributed by atoms with Crippen LogP contribution in [0.3, 0.4) is 0 Å². The number of aryl methyl sites for hydroxylation is 1. The Bertz CT molecular complexity index is 740. The molecule has 5 nitrogen and oxygen atoms in total. The van der Waals surface area contributed by atoms with E-state index in [0.717, 1.165) is 11.1 Å². The number of anilines is 1. The van der Waals surface area contributed by atoms with E-state index >= 15 is 0 Å². The van der Waals surface area contributed by atoms with Crippen LogP contribution in [-0.2, 0) is 4.79 Å². The molecular weight excluding hydrogens is 305 g/mol. The maximum Gasteiger partial charge on any atom is 1.00 e. The van der Waals surface area contributed by atoms with Gasteiger partial charge in [-0.25, -0.2) is 14.9 Å². The number of benzene rings is 1. The molecule has 0 unspecified atom stereocenters. The number of amidine groups is 1. The van der Waals surface area contributed by atoms with E-state index in [9.17, 15) is 9.90 Å². The Kier molecular flexibility index (Phi) is 5.66. The van der Waals surface area contributed by atoms with Gasteiger partial charge in [-0.1, -0.05) is 35.9 Å². The molecule has 0 N–H and O–H groups in total. The molecule has 0 fully saturated rings. The molecule has 3 rings (SSSR count). The van der Waals surface area contributed by atoms with Crippen molar-refractivity contribution in [2.75, 3.05) is 4.90 Å². The minimum absolute atomic E-state index is 0. The number of pyridine rings is 1. The quantitative estimate of drug-likeness (QED) is 0.380. The Morgan fingerprint density at radius 2 is 1.86 bits per heavy atom. The van der Waals surface area contributed by atoms with Gasteiger partial charge in [0.1, 0.15) is 17.4 Å². The molecule has 0 aliphatic carbocycles. The summed E-state index contributed by atoms with van der Waals surface area (Å²) in [5, 5.41) is 11.0. The Balaban J connectivity index is 0.00000176. The van der Waals surface area contributed by atoms with E-state index in [1.54, 1.807) is 24.4 Å². The van der Waals surface area contributed by atoms with Crippen molar-refractivity contribution in [2.24, 2.45) is 4.99 Å². The summed E-state index contributed by atoms with van der Waals surface area (Å²) in [7, 11) is 0. The Hall–Kier alpha value is -1.31. The van der Waals surface area contributed by atoms with Crippen LogP contribution in [0.1, 0.15) is 11.1 Å². The molecule has 0 saturated heterocycles. The fourth-order valence-electron chi connectivity index (χ4n) is 2.09. The predicted octanol–water partition coefficient (Wildman–Crippen LogP) is -1.61. The van der Waals surface area contributed by atoms with E-state index in [0.29, 0.717) is 17.9 Å². The van der Waals surface area contributed by atoms with E-state index in [1.165, 1.54) is 4.90 Å². The summed E-state index contributed by atoms with van der Waals surface area (Å²) in [6, 6.07) is 12.8. The number of nitrogens with zero attached hydrogens (tertiary/aromatic N) is 3. The van der Waals surface area contributed by atoms with Crippen molar-refractivity contribution in [2.45, 2.75) is 6.92 Å². The fourth-order valence-corrected chi connectivity index (χ4v) is 2.09. The van der Waals surface area contributed by atoms with E-state index < -0.39 is 5.91 Å². The molecule has 1 aromatic heterocycles. The standard InChI is InChI=1S/C16H13N3O2.K/c1-11-5-7-12(8-6-11)15-18-13(10-20)16(21)19(15)14-4-2-3-9-17-14;/h2-10,20H,1H3;/q;+1/p-1/b13-10-;. The van der Waals surface area contributed by atoms with Crippen molar-refractivity contribution in [3.8, 4) is 0 Å². The molecule has 2 heterocycles. The Morgan fingerprint density at radius 3 is 2.45 bits per heavy atom. The van der Waals surface area contributed by atoms with Crippen LogP contribution in [0.2, 0.25) is 0 Å². The predicted molar refractivity (Wildman–Crippen MR) is 77.5 cm³/mol. The number of rotatable bonds is 2. The largest absolute Gasteiger partial charge is 1.00 e. The molecule has 0 atom stereocenters. The third kappa shape index (κ3) is 3.21. The zero-order valence-corrected chi connectivity index (χ0v) is 15.5. The number of carbonyl (C=O) groups is 1. The van der Waals surface area contributed by atoms with Crippen LogP contribution in [0.15, 0.2) is 65.6 Å². The first-order valence-corrected chi connectivity index (χ1v) is 6.44. The average molecular weight is 317 g/mol. The summed E-state index contributed by atoms with van der Waals surface area (Å²) in [6.07, 6.45) is 2.06. The van der Waals surface area contributed by atoms with E-state index in [1.807, 2.05) is 31.2 Å². The Morgan fingerprint density at radius 1 is 1.14 bits per heavy atom. The number of hydrogen-bond donors (Lipinski definition) is 0. The van der Waals surface area contributed by atoms with E-state index in [-0.39, 0.29) is 57.1 Å². The maximum atomic E-state index is 12.3. The van der Waals surface area contributed by atoms with Gasteiger partial charge in [0, 0.05) is 11.8 Å². The molecule has 1 aliphatic heterocycles. The molecule has 104 valence electrons. The Labute approximate surface area is 170 Å². The molecule has 0 radical (unpaired) electrons. The molecule has 0 bridgehead atoms. The maximum absolute atomic E-state index is 12.3. The normalized spacial score (nSPS) is 15.7. The number of aromatic nitrogens is 1. The second-order valence-corrected chi connectivity index (χ2v) is 4.63. The SMILES string of the molecule is Cc1ccc(C2=N/C(=C\[O-])C(=O)N2c2ccccn2)cc1.[K+]. The minimum atomic E-state index is -0.459. The van der Waals surface area contributed by atoms with Crippen molar-refractivity contribution in [1.82, 2.24) is 4.98 Å². The first-order chi connectivity index (χ1) is 10.2. The van der Waals surface area contributed by atoms with Crippen molar-refractivity contribution in [3.63, 3.8) is 0 Å². The molecule has 6 heteroatoms. The van der Waals surface area contributed by atoms with E-state index in [4.69, 9.17) is 0 Å². The zero-order valence-electron chi connectivity index (χ0n) is 12.4. The number of hydrogen-bond acceptors (Lipinski definition) is 4. The second-order valence-electron chi connectivity index (χ2n) is 4.63. The molecule has 1 aromatic carbocycles. The molecule has 1 amide bonds. The van der Waals surface area contributed by atoms with Gasteiger partial charge in [0.05, 0.1) is 0 Å². The molecule has 0 saturated carbocycles. The van der Waals surface area contributed by atoms with Crippen molar-refractivity contribution in [3.05, 3.63) is 71.7 Å². The van der Waals surface area contributed by atoms with Gasteiger partial charge in [0.2, 0.25) is 0 Å². The number of amides is 1. The van der Waals surface area contributed by atoms with Crippen LogP contribution in [-0.4, -0.2) is 16.7 Å². The first kappa shape index (κ1) is 17.0. The van der Waals surface area contributed by atoms with E-state index in [2.05, 4.69) is 9.98 Å². The van der Waals surface area contributed by atoms with Crippen molar-refractivity contribution in [1.29, 1.82) is 0 Å². The smallest absolute Gasteiger partial charge is 0.876 e. The summed E-state index contributed by atoms with van der Waals surface area (Å²) in [6.45, 7) is 1.98. The first-order valence-electron chi connectivity index (χ1n) is 6.44. The van der Waals surface area contributed by atoms with Gasteiger partial charge >= 0.3 is 51.4 Å². The number of aliphatic imine (C=N–C) groups is 1. The van der Waals surface area contributed by atoms with Gasteiger partial charge in [-0.05, 0) is 19.1 Å². The summed E-state index contributed by atoms with van der Waals surface area (Å²) in [4.78, 5) is 22.0. The van der Waals surface area contributed by atoms with Gasteiger partial charge in [0.15, 0.2) is 0 Å². The summed E-state index contributed by atoms with van der Waals surface area (Å²) < 4.78 is 0. The van der Waals surface area contributed by atoms with Crippen LogP contribution in [0.25, 0.3) is 0 Å². The average Bonchev–Trinajstić information content (AvgIpc) is 2.85. The summed E-state index contributed by atoms with van der Waals surface area (Å²) >= 11 is 0. The van der Waals surface area contributed by atoms with Gasteiger partial charge < -0.3 is 5.11 Å². The second kappa shape index (κ2) is 7.30.